The molecule has 0 fully saturated rings. The lowest BCUT2D eigenvalue weighted by atomic mass is 10.3. The zero-order valence-corrected chi connectivity index (χ0v) is 12.5. The number of hydrogen-bond donors (Lipinski definition) is 1. The normalized spacial score (nSPS) is 10.3. The van der Waals surface area contributed by atoms with E-state index < -0.39 is 0 Å². The van der Waals surface area contributed by atoms with Gasteiger partial charge in [-0.05, 0) is 26.2 Å². The molecule has 0 spiro atoms. The number of nitrogens with one attached hydrogen (secondary N) is 1. The molecule has 0 saturated heterocycles. The van der Waals surface area contributed by atoms with Crippen LogP contribution in [0.4, 0.5) is 5.82 Å². The molecule has 104 valence electrons. The number of nitrogens with zero attached hydrogens (tertiary/aromatic N) is 5. The molecule has 2 aromatic heterocycles. The van der Waals surface area contributed by atoms with Gasteiger partial charge in [0.1, 0.15) is 28.8 Å². The van der Waals surface area contributed by atoms with E-state index in [2.05, 4.69) is 26.5 Å². The molecule has 0 amide bonds. The third-order valence-electron chi connectivity index (χ3n) is 2.84. The lowest BCUT2D eigenvalue weighted by molar-refractivity contribution is 0.614. The number of nitriles is 1. The summed E-state index contributed by atoms with van der Waals surface area (Å²) in [5.41, 5.74) is 2.62. The summed E-state index contributed by atoms with van der Waals surface area (Å²) in [6, 6.07) is 4.19. The SMILES string of the molecule is CSc1ncnc(NCCn2nc(C)cc2C)c1C#N. The third-order valence-corrected chi connectivity index (χ3v) is 3.53. The molecule has 0 aliphatic carbocycles. The topological polar surface area (TPSA) is 79.4 Å². The fraction of sp³-hybridized carbons (Fsp3) is 0.385. The van der Waals surface area contributed by atoms with Gasteiger partial charge in [0.05, 0.1) is 12.2 Å². The van der Waals surface area contributed by atoms with Crippen LogP contribution in [0.2, 0.25) is 0 Å². The Morgan fingerprint density at radius 3 is 2.80 bits per heavy atom. The summed E-state index contributed by atoms with van der Waals surface area (Å²) >= 11 is 1.44. The number of thioether (sulfide) groups is 1. The Kier molecular flexibility index (Phi) is 4.58. The number of anilines is 1. The first-order valence-corrected chi connectivity index (χ1v) is 7.42. The Hall–Kier alpha value is -2.07. The van der Waals surface area contributed by atoms with Crippen LogP contribution in [0.25, 0.3) is 0 Å². The largest absolute Gasteiger partial charge is 0.367 e. The van der Waals surface area contributed by atoms with Crippen LogP contribution >= 0.6 is 11.8 Å². The van der Waals surface area contributed by atoms with Crippen molar-refractivity contribution >= 4 is 17.6 Å². The molecule has 1 N–H and O–H groups in total. The van der Waals surface area contributed by atoms with Crippen molar-refractivity contribution in [3.05, 3.63) is 29.3 Å². The maximum absolute atomic E-state index is 9.19. The highest BCUT2D eigenvalue weighted by atomic mass is 32.2. The molecule has 7 heteroatoms. The summed E-state index contributed by atoms with van der Waals surface area (Å²) in [4.78, 5) is 8.21. The molecule has 0 bridgehead atoms. The first kappa shape index (κ1) is 14.3. The second-order valence-corrected chi connectivity index (χ2v) is 5.09. The smallest absolute Gasteiger partial charge is 0.148 e. The Bertz CT molecular complexity index is 643. The average Bonchev–Trinajstić information content (AvgIpc) is 2.76. The van der Waals surface area contributed by atoms with Crippen molar-refractivity contribution < 1.29 is 0 Å². The van der Waals surface area contributed by atoms with E-state index in [-0.39, 0.29) is 0 Å². The van der Waals surface area contributed by atoms with Crippen molar-refractivity contribution in [2.24, 2.45) is 0 Å². The number of rotatable bonds is 5. The summed E-state index contributed by atoms with van der Waals surface area (Å²) in [5, 5.41) is 17.5. The van der Waals surface area contributed by atoms with Crippen molar-refractivity contribution in [3.8, 4) is 6.07 Å². The molecule has 0 saturated carbocycles. The molecule has 0 aliphatic rings. The minimum Gasteiger partial charge on any atom is -0.367 e. The van der Waals surface area contributed by atoms with Crippen LogP contribution in [-0.4, -0.2) is 32.5 Å². The molecule has 0 atom stereocenters. The maximum Gasteiger partial charge on any atom is 0.148 e. The van der Waals surface area contributed by atoms with E-state index in [1.165, 1.54) is 18.1 Å². The van der Waals surface area contributed by atoms with Crippen molar-refractivity contribution in [2.75, 3.05) is 18.1 Å². The minimum absolute atomic E-state index is 0.494. The van der Waals surface area contributed by atoms with Crippen LogP contribution in [0.3, 0.4) is 0 Å². The minimum atomic E-state index is 0.494. The Balaban J connectivity index is 2.05. The zero-order valence-electron chi connectivity index (χ0n) is 11.7. The standard InChI is InChI=1S/C13H16N6S/c1-9-6-10(2)19(18-9)5-4-15-12-11(7-14)13(20-3)17-8-16-12/h6,8H,4-5H2,1-3H3,(H,15,16,17). The van der Waals surface area contributed by atoms with Gasteiger partial charge in [0.2, 0.25) is 0 Å². The van der Waals surface area contributed by atoms with E-state index in [1.54, 1.807) is 0 Å². The highest BCUT2D eigenvalue weighted by molar-refractivity contribution is 7.98. The molecule has 6 nitrogen and oxygen atoms in total. The second-order valence-electron chi connectivity index (χ2n) is 4.30. The molecule has 2 heterocycles. The van der Waals surface area contributed by atoms with E-state index in [4.69, 9.17) is 0 Å². The van der Waals surface area contributed by atoms with Crippen LogP contribution in [-0.2, 0) is 6.54 Å². The van der Waals surface area contributed by atoms with Crippen LogP contribution in [0.1, 0.15) is 17.0 Å². The quantitative estimate of drug-likeness (QED) is 0.669. The number of aryl methyl sites for hydroxylation is 2. The Labute approximate surface area is 122 Å². The van der Waals surface area contributed by atoms with Gasteiger partial charge in [0.25, 0.3) is 0 Å². The summed E-state index contributed by atoms with van der Waals surface area (Å²) in [5.74, 6) is 0.577. The molecule has 2 rings (SSSR count). The Morgan fingerprint density at radius 2 is 2.20 bits per heavy atom. The molecular weight excluding hydrogens is 272 g/mol. The van der Waals surface area contributed by atoms with Gasteiger partial charge in [0, 0.05) is 12.2 Å². The van der Waals surface area contributed by atoms with Gasteiger partial charge < -0.3 is 5.32 Å². The summed E-state index contributed by atoms with van der Waals surface area (Å²) < 4.78 is 1.94. The maximum atomic E-state index is 9.19. The van der Waals surface area contributed by atoms with Crippen molar-refractivity contribution in [1.82, 2.24) is 19.7 Å². The lowest BCUT2D eigenvalue weighted by Gasteiger charge is -2.09. The van der Waals surface area contributed by atoms with E-state index in [9.17, 15) is 5.26 Å². The van der Waals surface area contributed by atoms with Crippen LogP contribution in [0, 0.1) is 25.2 Å². The number of hydrogen-bond acceptors (Lipinski definition) is 6. The predicted molar refractivity (Wildman–Crippen MR) is 78.7 cm³/mol. The van der Waals surface area contributed by atoms with Gasteiger partial charge in [-0.1, -0.05) is 0 Å². The molecule has 0 unspecified atom stereocenters. The highest BCUT2D eigenvalue weighted by Gasteiger charge is 2.10. The first-order valence-electron chi connectivity index (χ1n) is 6.19. The first-order chi connectivity index (χ1) is 9.65. The lowest BCUT2D eigenvalue weighted by Crippen LogP contribution is -2.14. The van der Waals surface area contributed by atoms with Gasteiger partial charge in [-0.25, -0.2) is 9.97 Å². The van der Waals surface area contributed by atoms with Crippen LogP contribution in [0.15, 0.2) is 17.4 Å². The van der Waals surface area contributed by atoms with Gasteiger partial charge in [0.15, 0.2) is 0 Å². The van der Waals surface area contributed by atoms with Crippen LogP contribution in [0.5, 0.6) is 0 Å². The van der Waals surface area contributed by atoms with Gasteiger partial charge >= 0.3 is 0 Å². The Morgan fingerprint density at radius 1 is 1.40 bits per heavy atom. The molecule has 0 aromatic carbocycles. The third kappa shape index (κ3) is 3.08. The van der Waals surface area contributed by atoms with Gasteiger partial charge in [-0.15, -0.1) is 11.8 Å². The molecule has 2 aromatic rings. The molecule has 0 aliphatic heterocycles. The monoisotopic (exact) mass is 288 g/mol. The average molecular weight is 288 g/mol. The van der Waals surface area contributed by atoms with E-state index in [1.807, 2.05) is 30.9 Å². The van der Waals surface area contributed by atoms with Crippen LogP contribution < -0.4 is 5.32 Å². The van der Waals surface area contributed by atoms with E-state index >= 15 is 0 Å². The summed E-state index contributed by atoms with van der Waals surface area (Å²) in [7, 11) is 0. The van der Waals surface area contributed by atoms with Gasteiger partial charge in [-0.2, -0.15) is 10.4 Å². The summed E-state index contributed by atoms with van der Waals surface area (Å²) in [6.07, 6.45) is 3.36. The number of aromatic nitrogens is 4. The summed E-state index contributed by atoms with van der Waals surface area (Å²) in [6.45, 7) is 5.38. The molecular formula is C13H16N6S. The van der Waals surface area contributed by atoms with Crippen molar-refractivity contribution in [1.29, 1.82) is 5.26 Å². The van der Waals surface area contributed by atoms with Gasteiger partial charge in [-0.3, -0.25) is 4.68 Å². The van der Waals surface area contributed by atoms with E-state index in [0.717, 1.165) is 17.9 Å². The molecule has 20 heavy (non-hydrogen) atoms. The highest BCUT2D eigenvalue weighted by Crippen LogP contribution is 2.21. The fourth-order valence-corrected chi connectivity index (χ4v) is 2.44. The van der Waals surface area contributed by atoms with E-state index in [0.29, 0.717) is 23.0 Å². The zero-order chi connectivity index (χ0) is 14.5. The molecule has 0 radical (unpaired) electrons. The fourth-order valence-electron chi connectivity index (χ4n) is 1.94. The second kappa shape index (κ2) is 6.39. The van der Waals surface area contributed by atoms with Crippen molar-refractivity contribution in [2.45, 2.75) is 25.4 Å². The predicted octanol–water partition coefficient (Wildman–Crippen LogP) is 2.00. The van der Waals surface area contributed by atoms with Crippen molar-refractivity contribution in [3.63, 3.8) is 0 Å².